The smallest absolute Gasteiger partial charge is 0.228 e. The predicted octanol–water partition coefficient (Wildman–Crippen LogP) is 2.65. The summed E-state index contributed by atoms with van der Waals surface area (Å²) in [6, 6.07) is 1.42. The highest BCUT2D eigenvalue weighted by molar-refractivity contribution is 9.10. The number of aromatic nitrogens is 1. The van der Waals surface area contributed by atoms with E-state index in [4.69, 9.17) is 16.3 Å². The van der Waals surface area contributed by atoms with E-state index in [0.29, 0.717) is 5.75 Å². The van der Waals surface area contributed by atoms with E-state index in [1.807, 2.05) is 0 Å². The van der Waals surface area contributed by atoms with Crippen LogP contribution in [-0.2, 0) is 0 Å². The second-order valence-electron chi connectivity index (χ2n) is 1.75. The maximum atomic E-state index is 12.6. The predicted molar refractivity (Wildman–Crippen MR) is 43.5 cm³/mol. The lowest BCUT2D eigenvalue weighted by Crippen LogP contribution is -1.90. The third-order valence-electron chi connectivity index (χ3n) is 1.07. The van der Waals surface area contributed by atoms with Crippen LogP contribution in [0.3, 0.4) is 0 Å². The van der Waals surface area contributed by atoms with Crippen molar-refractivity contribution in [3.05, 3.63) is 21.6 Å². The number of hydrogen-bond acceptors (Lipinski definition) is 2. The van der Waals surface area contributed by atoms with Crippen LogP contribution >= 0.6 is 27.5 Å². The van der Waals surface area contributed by atoms with Crippen LogP contribution in [0.5, 0.6) is 5.75 Å². The Bertz CT molecular complexity index is 282. The molecule has 1 rings (SSSR count). The van der Waals surface area contributed by atoms with Gasteiger partial charge in [0.25, 0.3) is 0 Å². The summed E-state index contributed by atoms with van der Waals surface area (Å²) in [7, 11) is 1.44. The summed E-state index contributed by atoms with van der Waals surface area (Å²) in [5.41, 5.74) is 0. The number of pyridine rings is 1. The molecule has 0 aromatic carbocycles. The van der Waals surface area contributed by atoms with Crippen molar-refractivity contribution in [3.8, 4) is 5.75 Å². The maximum absolute atomic E-state index is 12.6. The Morgan fingerprint density at radius 2 is 2.36 bits per heavy atom. The first kappa shape index (κ1) is 8.74. The van der Waals surface area contributed by atoms with Crippen molar-refractivity contribution in [3.63, 3.8) is 0 Å². The van der Waals surface area contributed by atoms with E-state index in [0.717, 1.165) is 0 Å². The average Bonchev–Trinajstić information content (AvgIpc) is 1.97. The highest BCUT2D eigenvalue weighted by Crippen LogP contribution is 2.26. The van der Waals surface area contributed by atoms with Gasteiger partial charge in [0.1, 0.15) is 0 Å². The van der Waals surface area contributed by atoms with Gasteiger partial charge in [-0.25, -0.2) is 4.98 Å². The highest BCUT2D eigenvalue weighted by atomic mass is 79.9. The third kappa shape index (κ3) is 1.81. The molecule has 0 atom stereocenters. The van der Waals surface area contributed by atoms with Gasteiger partial charge in [0.05, 0.1) is 11.6 Å². The average molecular weight is 240 g/mol. The van der Waals surface area contributed by atoms with Crippen molar-refractivity contribution in [2.75, 3.05) is 7.11 Å². The molecule has 60 valence electrons. The zero-order valence-corrected chi connectivity index (χ0v) is 7.91. The molecular weight excluding hydrogens is 236 g/mol. The first-order chi connectivity index (χ1) is 5.15. The van der Waals surface area contributed by atoms with Crippen molar-refractivity contribution in [1.82, 2.24) is 4.98 Å². The fourth-order valence-electron chi connectivity index (χ4n) is 0.572. The van der Waals surface area contributed by atoms with Gasteiger partial charge in [0.2, 0.25) is 5.95 Å². The summed E-state index contributed by atoms with van der Waals surface area (Å²) in [5, 5.41) is 0.0215. The molecule has 1 aromatic rings. The molecule has 0 aliphatic heterocycles. The molecule has 0 spiro atoms. The quantitative estimate of drug-likeness (QED) is 0.704. The minimum Gasteiger partial charge on any atom is -0.493 e. The van der Waals surface area contributed by atoms with Crippen molar-refractivity contribution in [1.29, 1.82) is 0 Å². The molecule has 0 unspecified atom stereocenters. The maximum Gasteiger partial charge on any atom is 0.228 e. The van der Waals surface area contributed by atoms with Gasteiger partial charge in [-0.2, -0.15) is 4.39 Å². The summed E-state index contributed by atoms with van der Waals surface area (Å²) in [4.78, 5) is 3.37. The van der Waals surface area contributed by atoms with Gasteiger partial charge in [0, 0.05) is 6.07 Å². The van der Waals surface area contributed by atoms with E-state index in [1.54, 1.807) is 0 Å². The molecule has 1 heterocycles. The monoisotopic (exact) mass is 239 g/mol. The molecule has 0 amide bonds. The zero-order valence-electron chi connectivity index (χ0n) is 5.57. The third-order valence-corrected chi connectivity index (χ3v) is 1.90. The molecule has 0 radical (unpaired) electrons. The van der Waals surface area contributed by atoms with Crippen molar-refractivity contribution in [2.24, 2.45) is 0 Å². The van der Waals surface area contributed by atoms with Crippen LogP contribution in [0.2, 0.25) is 5.15 Å². The molecule has 2 nitrogen and oxygen atoms in total. The lowest BCUT2D eigenvalue weighted by molar-refractivity contribution is 0.409. The van der Waals surface area contributed by atoms with E-state index in [9.17, 15) is 4.39 Å². The summed E-state index contributed by atoms with van der Waals surface area (Å²) in [6.45, 7) is 0. The Hall–Kier alpha value is -0.350. The molecule has 11 heavy (non-hydrogen) atoms. The number of halogens is 3. The lowest BCUT2D eigenvalue weighted by Gasteiger charge is -2.01. The van der Waals surface area contributed by atoms with Gasteiger partial charge in [0.15, 0.2) is 10.9 Å². The molecule has 1 aromatic heterocycles. The SMILES string of the molecule is COc1cc(Br)c(F)nc1Cl. The Kier molecular flexibility index (Phi) is 2.67. The summed E-state index contributed by atoms with van der Waals surface area (Å²) < 4.78 is 17.6. The summed E-state index contributed by atoms with van der Waals surface area (Å²) in [6.07, 6.45) is 0. The Balaban J connectivity index is 3.21. The molecule has 0 N–H and O–H groups in total. The number of ether oxygens (including phenoxy) is 1. The van der Waals surface area contributed by atoms with E-state index in [1.165, 1.54) is 13.2 Å². The second-order valence-corrected chi connectivity index (χ2v) is 2.97. The minimum atomic E-state index is -0.643. The molecule has 0 aliphatic rings. The van der Waals surface area contributed by atoms with E-state index >= 15 is 0 Å². The fraction of sp³-hybridized carbons (Fsp3) is 0.167. The van der Waals surface area contributed by atoms with Gasteiger partial charge < -0.3 is 4.74 Å². The van der Waals surface area contributed by atoms with Gasteiger partial charge in [-0.1, -0.05) is 11.6 Å². The minimum absolute atomic E-state index is 0.0215. The van der Waals surface area contributed by atoms with Crippen LogP contribution < -0.4 is 4.74 Å². The first-order valence-electron chi connectivity index (χ1n) is 2.70. The molecular formula is C6H4BrClFNO. The van der Waals surface area contributed by atoms with Gasteiger partial charge in [-0.05, 0) is 15.9 Å². The van der Waals surface area contributed by atoms with E-state index in [2.05, 4.69) is 20.9 Å². The van der Waals surface area contributed by atoms with Crippen LogP contribution in [0.1, 0.15) is 0 Å². The highest BCUT2D eigenvalue weighted by Gasteiger charge is 2.07. The molecule has 0 aliphatic carbocycles. The number of methoxy groups -OCH3 is 1. The van der Waals surface area contributed by atoms with Crippen molar-refractivity contribution < 1.29 is 9.13 Å². The first-order valence-corrected chi connectivity index (χ1v) is 3.87. The van der Waals surface area contributed by atoms with Crippen LogP contribution in [0.15, 0.2) is 10.5 Å². The zero-order chi connectivity index (χ0) is 8.43. The number of nitrogens with zero attached hydrogens (tertiary/aromatic N) is 1. The van der Waals surface area contributed by atoms with Crippen LogP contribution in [0.25, 0.3) is 0 Å². The standard InChI is InChI=1S/C6H4BrClFNO/c1-11-4-2-3(7)6(9)10-5(4)8/h2H,1H3. The Labute approximate surface area is 76.5 Å². The summed E-state index contributed by atoms with van der Waals surface area (Å²) in [5.74, 6) is -0.296. The van der Waals surface area contributed by atoms with Gasteiger partial charge in [-0.3, -0.25) is 0 Å². The topological polar surface area (TPSA) is 22.1 Å². The molecule has 0 saturated heterocycles. The molecule has 5 heteroatoms. The van der Waals surface area contributed by atoms with Crippen molar-refractivity contribution >= 4 is 27.5 Å². The fourth-order valence-corrected chi connectivity index (χ4v) is 1.07. The van der Waals surface area contributed by atoms with Crippen LogP contribution in [-0.4, -0.2) is 12.1 Å². The number of rotatable bonds is 1. The van der Waals surface area contributed by atoms with E-state index < -0.39 is 5.95 Å². The largest absolute Gasteiger partial charge is 0.493 e. The van der Waals surface area contributed by atoms with Crippen LogP contribution in [0.4, 0.5) is 4.39 Å². The Morgan fingerprint density at radius 1 is 1.73 bits per heavy atom. The van der Waals surface area contributed by atoms with Crippen LogP contribution in [0, 0.1) is 5.95 Å². The molecule has 0 saturated carbocycles. The summed E-state index contributed by atoms with van der Waals surface area (Å²) >= 11 is 8.45. The Morgan fingerprint density at radius 3 is 2.91 bits per heavy atom. The lowest BCUT2D eigenvalue weighted by atomic mass is 10.4. The normalized spacial score (nSPS) is 9.82. The number of hydrogen-bond donors (Lipinski definition) is 0. The second kappa shape index (κ2) is 3.36. The van der Waals surface area contributed by atoms with Crippen molar-refractivity contribution in [2.45, 2.75) is 0 Å². The molecule has 0 fully saturated rings. The van der Waals surface area contributed by atoms with Gasteiger partial charge >= 0.3 is 0 Å². The van der Waals surface area contributed by atoms with Gasteiger partial charge in [-0.15, -0.1) is 0 Å². The molecule has 0 bridgehead atoms. The van der Waals surface area contributed by atoms with E-state index in [-0.39, 0.29) is 9.63 Å².